The molecule has 0 aliphatic heterocycles. The Bertz CT molecular complexity index is 416. The number of nitrogens with zero attached hydrogens (tertiary/aromatic N) is 3. The van der Waals surface area contributed by atoms with E-state index >= 15 is 0 Å². The average Bonchev–Trinajstić information content (AvgIpc) is 2.43. The van der Waals surface area contributed by atoms with Gasteiger partial charge in [-0.05, 0) is 13.8 Å². The summed E-state index contributed by atoms with van der Waals surface area (Å²) in [6.07, 6.45) is 0. The highest BCUT2D eigenvalue weighted by molar-refractivity contribution is 5.69. The molecule has 6 nitrogen and oxygen atoms in total. The molecule has 2 N–H and O–H groups in total. The van der Waals surface area contributed by atoms with Crippen molar-refractivity contribution in [2.45, 2.75) is 20.4 Å². The quantitative estimate of drug-likeness (QED) is 0.713. The molecular formula is C9H12N4O2. The summed E-state index contributed by atoms with van der Waals surface area (Å²) in [7, 11) is 0. The first-order chi connectivity index (χ1) is 7.06. The zero-order chi connectivity index (χ0) is 11.4. The normalized spacial score (nSPS) is 9.67. The van der Waals surface area contributed by atoms with Crippen molar-refractivity contribution in [2.75, 3.05) is 12.3 Å². The first kappa shape index (κ1) is 11.0. The van der Waals surface area contributed by atoms with Gasteiger partial charge in [0.2, 0.25) is 0 Å². The van der Waals surface area contributed by atoms with Gasteiger partial charge in [0.1, 0.15) is 12.6 Å². The van der Waals surface area contributed by atoms with Gasteiger partial charge in [0, 0.05) is 0 Å². The monoisotopic (exact) mass is 208 g/mol. The molecule has 0 radical (unpaired) electrons. The molecule has 15 heavy (non-hydrogen) atoms. The van der Waals surface area contributed by atoms with Crippen LogP contribution in [-0.2, 0) is 16.1 Å². The number of nitrogens with two attached hydrogens (primary N) is 1. The van der Waals surface area contributed by atoms with Crippen LogP contribution in [0, 0.1) is 25.2 Å². The largest absolute Gasteiger partial charge is 0.449 e. The summed E-state index contributed by atoms with van der Waals surface area (Å²) < 4.78 is 6.06. The molecule has 0 atom stereocenters. The van der Waals surface area contributed by atoms with Crippen LogP contribution in [0.5, 0.6) is 0 Å². The summed E-state index contributed by atoms with van der Waals surface area (Å²) in [6, 6.07) is 1.72. The molecule has 80 valence electrons. The number of carbonyl (C=O) groups excluding carboxylic acids is 1. The number of rotatable bonds is 3. The van der Waals surface area contributed by atoms with Crippen molar-refractivity contribution in [3.05, 3.63) is 11.4 Å². The Kier molecular flexibility index (Phi) is 3.29. The minimum Gasteiger partial charge on any atom is -0.449 e. The number of esters is 1. The molecule has 0 fully saturated rings. The van der Waals surface area contributed by atoms with Crippen LogP contribution < -0.4 is 5.73 Å². The van der Waals surface area contributed by atoms with E-state index in [0.29, 0.717) is 11.4 Å². The van der Waals surface area contributed by atoms with Crippen LogP contribution in [0.3, 0.4) is 0 Å². The lowest BCUT2D eigenvalue weighted by Crippen LogP contribution is -2.15. The van der Waals surface area contributed by atoms with Gasteiger partial charge in [-0.1, -0.05) is 0 Å². The van der Waals surface area contributed by atoms with Crippen molar-refractivity contribution in [2.24, 2.45) is 0 Å². The van der Waals surface area contributed by atoms with E-state index < -0.39 is 5.97 Å². The van der Waals surface area contributed by atoms with Crippen LogP contribution in [0.1, 0.15) is 11.4 Å². The van der Waals surface area contributed by atoms with Crippen LogP contribution in [0.25, 0.3) is 0 Å². The fourth-order valence-corrected chi connectivity index (χ4v) is 1.15. The maximum absolute atomic E-state index is 11.2. The van der Waals surface area contributed by atoms with Gasteiger partial charge in [0.25, 0.3) is 0 Å². The second kappa shape index (κ2) is 4.46. The van der Waals surface area contributed by atoms with E-state index in [-0.39, 0.29) is 13.2 Å². The molecule has 0 amide bonds. The standard InChI is InChI=1S/C9H12N4O2/c1-6-9(11)7(2)13(12-6)5-8(14)15-4-3-10/h4-5,11H2,1-2H3. The lowest BCUT2D eigenvalue weighted by molar-refractivity contribution is -0.143. The van der Waals surface area contributed by atoms with Crippen LogP contribution in [0.4, 0.5) is 5.69 Å². The van der Waals surface area contributed by atoms with Crippen LogP contribution in [-0.4, -0.2) is 22.4 Å². The lowest BCUT2D eigenvalue weighted by atomic mass is 10.3. The molecule has 0 unspecified atom stereocenters. The molecule has 0 saturated heterocycles. The number of carbonyl (C=O) groups is 1. The van der Waals surface area contributed by atoms with Crippen LogP contribution >= 0.6 is 0 Å². The third-order valence-corrected chi connectivity index (χ3v) is 2.01. The minimum absolute atomic E-state index is 0.0223. The third kappa shape index (κ3) is 2.47. The molecule has 1 aromatic rings. The van der Waals surface area contributed by atoms with Crippen LogP contribution in [0.2, 0.25) is 0 Å². The summed E-state index contributed by atoms with van der Waals surface area (Å²) in [6.45, 7) is 3.27. The lowest BCUT2D eigenvalue weighted by Gasteiger charge is -2.02. The Hall–Kier alpha value is -2.03. The van der Waals surface area contributed by atoms with Crippen molar-refractivity contribution in [1.29, 1.82) is 5.26 Å². The maximum atomic E-state index is 11.2. The molecule has 0 bridgehead atoms. The van der Waals surface area contributed by atoms with Gasteiger partial charge < -0.3 is 10.5 Å². The number of aromatic nitrogens is 2. The molecular weight excluding hydrogens is 196 g/mol. The van der Waals surface area contributed by atoms with E-state index in [4.69, 9.17) is 11.0 Å². The summed E-state index contributed by atoms with van der Waals surface area (Å²) in [5, 5.41) is 12.3. The summed E-state index contributed by atoms with van der Waals surface area (Å²) in [5.41, 5.74) is 7.67. The van der Waals surface area contributed by atoms with Gasteiger partial charge in [-0.2, -0.15) is 10.4 Å². The molecule has 6 heteroatoms. The first-order valence-corrected chi connectivity index (χ1v) is 4.38. The van der Waals surface area contributed by atoms with Gasteiger partial charge in [0.15, 0.2) is 6.61 Å². The summed E-state index contributed by atoms with van der Waals surface area (Å²) >= 11 is 0. The highest BCUT2D eigenvalue weighted by Gasteiger charge is 2.11. The van der Waals surface area contributed by atoms with Gasteiger partial charge in [-0.25, -0.2) is 0 Å². The van der Waals surface area contributed by atoms with Gasteiger partial charge in [0.05, 0.1) is 17.1 Å². The molecule has 0 aromatic carbocycles. The predicted molar refractivity (Wildman–Crippen MR) is 52.7 cm³/mol. The zero-order valence-electron chi connectivity index (χ0n) is 8.65. The van der Waals surface area contributed by atoms with Gasteiger partial charge >= 0.3 is 5.97 Å². The van der Waals surface area contributed by atoms with Crippen molar-refractivity contribution in [3.63, 3.8) is 0 Å². The SMILES string of the molecule is Cc1nn(CC(=O)OCC#N)c(C)c1N. The van der Waals surface area contributed by atoms with E-state index in [1.54, 1.807) is 19.9 Å². The Morgan fingerprint density at radius 1 is 1.67 bits per heavy atom. The average molecular weight is 208 g/mol. The second-order valence-electron chi connectivity index (χ2n) is 3.06. The molecule has 1 aromatic heterocycles. The number of hydrogen-bond donors (Lipinski definition) is 1. The fourth-order valence-electron chi connectivity index (χ4n) is 1.15. The van der Waals surface area contributed by atoms with E-state index in [9.17, 15) is 4.79 Å². The van der Waals surface area contributed by atoms with Gasteiger partial charge in [-0.15, -0.1) is 0 Å². The third-order valence-electron chi connectivity index (χ3n) is 2.01. The molecule has 1 heterocycles. The highest BCUT2D eigenvalue weighted by Crippen LogP contribution is 2.14. The Balaban J connectivity index is 2.69. The van der Waals surface area contributed by atoms with Crippen molar-refractivity contribution in [3.8, 4) is 6.07 Å². The van der Waals surface area contributed by atoms with Crippen molar-refractivity contribution in [1.82, 2.24) is 9.78 Å². The zero-order valence-corrected chi connectivity index (χ0v) is 8.65. The van der Waals surface area contributed by atoms with E-state index in [1.807, 2.05) is 0 Å². The fraction of sp³-hybridized carbons (Fsp3) is 0.444. The number of nitrogen functional groups attached to an aromatic ring is 1. The van der Waals surface area contributed by atoms with Gasteiger partial charge in [-0.3, -0.25) is 9.48 Å². The number of hydrogen-bond acceptors (Lipinski definition) is 5. The predicted octanol–water partition coefficient (Wildman–Crippen LogP) is 0.149. The molecule has 0 saturated carbocycles. The van der Waals surface area contributed by atoms with Crippen molar-refractivity contribution >= 4 is 11.7 Å². The number of aryl methyl sites for hydroxylation is 1. The topological polar surface area (TPSA) is 93.9 Å². The van der Waals surface area contributed by atoms with E-state index in [0.717, 1.165) is 5.69 Å². The number of nitriles is 1. The van der Waals surface area contributed by atoms with Crippen molar-refractivity contribution < 1.29 is 9.53 Å². The number of ether oxygens (including phenoxy) is 1. The molecule has 0 aliphatic carbocycles. The van der Waals surface area contributed by atoms with E-state index in [2.05, 4.69) is 9.84 Å². The van der Waals surface area contributed by atoms with E-state index in [1.165, 1.54) is 4.68 Å². The Morgan fingerprint density at radius 3 is 2.80 bits per heavy atom. The summed E-state index contributed by atoms with van der Waals surface area (Å²) in [5.74, 6) is -0.498. The summed E-state index contributed by atoms with van der Waals surface area (Å²) in [4.78, 5) is 11.2. The Labute approximate surface area is 87.2 Å². The number of anilines is 1. The second-order valence-corrected chi connectivity index (χ2v) is 3.06. The van der Waals surface area contributed by atoms with Crippen LogP contribution in [0.15, 0.2) is 0 Å². The molecule has 0 aliphatic rings. The molecule has 1 rings (SSSR count). The minimum atomic E-state index is -0.498. The highest BCUT2D eigenvalue weighted by atomic mass is 16.5. The smallest absolute Gasteiger partial charge is 0.328 e. The Morgan fingerprint density at radius 2 is 2.33 bits per heavy atom. The molecule has 0 spiro atoms. The first-order valence-electron chi connectivity index (χ1n) is 4.38. The maximum Gasteiger partial charge on any atom is 0.328 e.